The van der Waals surface area contributed by atoms with E-state index < -0.39 is 12.8 Å². The van der Waals surface area contributed by atoms with Crippen molar-refractivity contribution in [2.24, 2.45) is 0 Å². The Balaban J connectivity index is 0.00000136. The molecule has 0 amide bonds. The van der Waals surface area contributed by atoms with Crippen LogP contribution in [-0.2, 0) is 0 Å². The Morgan fingerprint density at radius 3 is 2.43 bits per heavy atom. The van der Waals surface area contributed by atoms with Gasteiger partial charge < -0.3 is 14.7 Å². The number of anilines is 1. The van der Waals surface area contributed by atoms with Gasteiger partial charge in [-0.2, -0.15) is 0 Å². The van der Waals surface area contributed by atoms with Crippen molar-refractivity contribution in [3.8, 4) is 17.0 Å². The van der Waals surface area contributed by atoms with Crippen LogP contribution in [0.1, 0.15) is 20.8 Å². The smallest absolute Gasteiger partial charge is 0.145 e. The summed E-state index contributed by atoms with van der Waals surface area (Å²) in [4.78, 5) is 6.90. The van der Waals surface area contributed by atoms with Gasteiger partial charge in [-0.25, -0.2) is 9.37 Å². The zero-order valence-corrected chi connectivity index (χ0v) is 17.0. The average Bonchev–Trinajstić information content (AvgIpc) is 2.77. The lowest BCUT2D eigenvalue weighted by Crippen LogP contribution is -2.19. The number of rotatable bonds is 7. The van der Waals surface area contributed by atoms with Gasteiger partial charge in [0.2, 0.25) is 0 Å². The molecule has 0 aliphatic rings. The van der Waals surface area contributed by atoms with Crippen molar-refractivity contribution in [3.05, 3.63) is 54.6 Å². The van der Waals surface area contributed by atoms with Gasteiger partial charge in [-0.05, 0) is 31.2 Å². The SMILES string of the molecule is CC.CCN(C)c1ccc(-c2ccc3cccc(OCC(O)CF)c3n2)cc1. The molecule has 3 rings (SSSR count). The molecular weight excluding hydrogens is 355 g/mol. The fourth-order valence-electron chi connectivity index (χ4n) is 2.70. The van der Waals surface area contributed by atoms with E-state index in [4.69, 9.17) is 9.72 Å². The monoisotopic (exact) mass is 384 g/mol. The van der Waals surface area contributed by atoms with Crippen LogP contribution in [0.4, 0.5) is 10.1 Å². The molecule has 1 N–H and O–H groups in total. The number of aromatic nitrogens is 1. The minimum atomic E-state index is -1.13. The van der Waals surface area contributed by atoms with Crippen LogP contribution in [0.3, 0.4) is 0 Å². The van der Waals surface area contributed by atoms with Gasteiger partial charge in [-0.3, -0.25) is 0 Å². The molecule has 1 atom stereocenters. The summed E-state index contributed by atoms with van der Waals surface area (Å²) >= 11 is 0. The van der Waals surface area contributed by atoms with Crippen LogP contribution in [0.15, 0.2) is 54.6 Å². The lowest BCUT2D eigenvalue weighted by molar-refractivity contribution is 0.0848. The van der Waals surface area contributed by atoms with E-state index in [9.17, 15) is 9.50 Å². The second-order valence-corrected chi connectivity index (χ2v) is 6.20. The number of aliphatic hydroxyl groups excluding tert-OH is 1. The van der Waals surface area contributed by atoms with Crippen LogP contribution in [0, 0.1) is 0 Å². The number of fused-ring (bicyclic) bond motifs is 1. The van der Waals surface area contributed by atoms with Gasteiger partial charge in [0.05, 0.1) is 5.69 Å². The van der Waals surface area contributed by atoms with E-state index in [1.165, 1.54) is 0 Å². The molecule has 150 valence electrons. The number of hydrogen-bond acceptors (Lipinski definition) is 4. The summed E-state index contributed by atoms with van der Waals surface area (Å²) in [5.74, 6) is 0.541. The molecule has 1 heterocycles. The highest BCUT2D eigenvalue weighted by Crippen LogP contribution is 2.28. The van der Waals surface area contributed by atoms with Gasteiger partial charge in [0.15, 0.2) is 0 Å². The predicted molar refractivity (Wildman–Crippen MR) is 115 cm³/mol. The summed E-state index contributed by atoms with van der Waals surface area (Å²) < 4.78 is 18.0. The Morgan fingerprint density at radius 1 is 1.07 bits per heavy atom. The van der Waals surface area contributed by atoms with Crippen molar-refractivity contribution in [2.45, 2.75) is 26.9 Å². The minimum absolute atomic E-state index is 0.0976. The molecule has 0 spiro atoms. The molecule has 0 aliphatic heterocycles. The molecule has 0 saturated heterocycles. The second kappa shape index (κ2) is 10.6. The van der Waals surface area contributed by atoms with Crippen LogP contribution in [0.5, 0.6) is 5.75 Å². The first-order valence-corrected chi connectivity index (χ1v) is 9.70. The second-order valence-electron chi connectivity index (χ2n) is 6.20. The van der Waals surface area contributed by atoms with E-state index in [-0.39, 0.29) is 6.61 Å². The van der Waals surface area contributed by atoms with Crippen molar-refractivity contribution < 1.29 is 14.2 Å². The minimum Gasteiger partial charge on any atom is -0.488 e. The molecule has 2 aromatic carbocycles. The average molecular weight is 384 g/mol. The van der Waals surface area contributed by atoms with Crippen LogP contribution in [0.2, 0.25) is 0 Å². The Kier molecular flexibility index (Phi) is 8.20. The normalized spacial score (nSPS) is 11.5. The van der Waals surface area contributed by atoms with Gasteiger partial charge in [0.1, 0.15) is 30.7 Å². The summed E-state index contributed by atoms with van der Waals surface area (Å²) in [6, 6.07) is 17.8. The molecule has 0 radical (unpaired) electrons. The fraction of sp³-hybridized carbons (Fsp3) is 0.348. The third-order valence-electron chi connectivity index (χ3n) is 4.37. The number of benzene rings is 2. The first kappa shape index (κ1) is 21.6. The van der Waals surface area contributed by atoms with Crippen LogP contribution in [0.25, 0.3) is 22.2 Å². The van der Waals surface area contributed by atoms with Gasteiger partial charge in [-0.15, -0.1) is 0 Å². The Morgan fingerprint density at radius 2 is 1.79 bits per heavy atom. The number of ether oxygens (including phenoxy) is 1. The number of para-hydroxylation sites is 1. The molecule has 3 aromatic rings. The topological polar surface area (TPSA) is 45.6 Å². The number of nitrogens with zero attached hydrogens (tertiary/aromatic N) is 2. The number of hydrogen-bond donors (Lipinski definition) is 1. The first-order chi connectivity index (χ1) is 13.6. The predicted octanol–water partition coefficient (Wildman–Crippen LogP) is 5.09. The highest BCUT2D eigenvalue weighted by atomic mass is 19.1. The fourth-order valence-corrected chi connectivity index (χ4v) is 2.70. The standard InChI is InChI=1S/C21H23FN2O2.C2H6/c1-3-24(2)17-10-7-15(8-11-17)19-12-9-16-5-4-6-20(21(16)23-19)26-14-18(25)13-22;1-2/h4-12,18,25H,3,13-14H2,1-2H3;1-2H3. The molecule has 5 heteroatoms. The van der Waals surface area contributed by atoms with Crippen molar-refractivity contribution in [3.63, 3.8) is 0 Å². The summed E-state index contributed by atoms with van der Waals surface area (Å²) in [6.45, 7) is 6.13. The zero-order valence-electron chi connectivity index (χ0n) is 17.0. The van der Waals surface area contributed by atoms with Crippen molar-refractivity contribution in [1.82, 2.24) is 4.98 Å². The van der Waals surface area contributed by atoms with E-state index in [1.807, 2.05) is 50.2 Å². The Bertz CT molecular complexity index is 868. The molecule has 1 unspecified atom stereocenters. The maximum atomic E-state index is 12.5. The lowest BCUT2D eigenvalue weighted by atomic mass is 10.1. The number of alkyl halides is 1. The Labute approximate surface area is 166 Å². The number of aliphatic hydroxyl groups is 1. The third-order valence-corrected chi connectivity index (χ3v) is 4.37. The first-order valence-electron chi connectivity index (χ1n) is 9.70. The van der Waals surface area contributed by atoms with Crippen molar-refractivity contribution in [2.75, 3.05) is 31.8 Å². The van der Waals surface area contributed by atoms with Crippen LogP contribution >= 0.6 is 0 Å². The maximum absolute atomic E-state index is 12.5. The summed E-state index contributed by atoms with van der Waals surface area (Å²) in [6.07, 6.45) is -1.13. The highest BCUT2D eigenvalue weighted by Gasteiger charge is 2.10. The Hall–Kier alpha value is -2.66. The van der Waals surface area contributed by atoms with E-state index in [1.54, 1.807) is 6.07 Å². The highest BCUT2D eigenvalue weighted by molar-refractivity contribution is 5.86. The van der Waals surface area contributed by atoms with Gasteiger partial charge >= 0.3 is 0 Å². The largest absolute Gasteiger partial charge is 0.488 e. The van der Waals surface area contributed by atoms with Crippen LogP contribution in [-0.4, -0.2) is 43.1 Å². The molecule has 28 heavy (non-hydrogen) atoms. The van der Waals surface area contributed by atoms with Crippen molar-refractivity contribution in [1.29, 1.82) is 0 Å². The third kappa shape index (κ3) is 5.20. The molecule has 1 aromatic heterocycles. The van der Waals surface area contributed by atoms with Gasteiger partial charge in [0, 0.05) is 30.2 Å². The lowest BCUT2D eigenvalue weighted by Gasteiger charge is -2.17. The van der Waals surface area contributed by atoms with E-state index >= 15 is 0 Å². The maximum Gasteiger partial charge on any atom is 0.145 e. The summed E-state index contributed by atoms with van der Waals surface area (Å²) in [5, 5.41) is 10.3. The van der Waals surface area contributed by atoms with E-state index in [0.717, 1.165) is 28.9 Å². The van der Waals surface area contributed by atoms with E-state index in [2.05, 4.69) is 31.0 Å². The van der Waals surface area contributed by atoms with Gasteiger partial charge in [-0.1, -0.05) is 44.2 Å². The molecule has 0 saturated carbocycles. The molecule has 0 aliphatic carbocycles. The van der Waals surface area contributed by atoms with Gasteiger partial charge in [0.25, 0.3) is 0 Å². The number of pyridine rings is 1. The van der Waals surface area contributed by atoms with Crippen LogP contribution < -0.4 is 9.64 Å². The zero-order chi connectivity index (χ0) is 20.5. The molecule has 4 nitrogen and oxygen atoms in total. The summed E-state index contributed by atoms with van der Waals surface area (Å²) in [5.41, 5.74) is 3.70. The van der Waals surface area contributed by atoms with E-state index in [0.29, 0.717) is 11.3 Å². The number of halogens is 1. The molecule has 0 fully saturated rings. The molecular formula is C23H29FN2O2. The molecule has 0 bridgehead atoms. The summed E-state index contributed by atoms with van der Waals surface area (Å²) in [7, 11) is 2.05. The quantitative estimate of drug-likeness (QED) is 0.616. The van der Waals surface area contributed by atoms with Crippen molar-refractivity contribution >= 4 is 16.6 Å².